The highest BCUT2D eigenvalue weighted by Crippen LogP contribution is 2.16. The van der Waals surface area contributed by atoms with E-state index < -0.39 is 15.4 Å². The Morgan fingerprint density at radius 3 is 2.20 bits per heavy atom. The minimum absolute atomic E-state index is 0.0241. The standard InChI is InChI=1S/C12H17N3O3S2/c1-12(2,10(13)19)11(16)15-7-8-3-5-9(6-4-8)20(14,17)18/h3-6H,7H2,1-2H3,(H2,13,19)(H,15,16)(H2,14,17,18). The molecule has 1 rings (SSSR count). The first-order chi connectivity index (χ1) is 9.05. The average Bonchev–Trinajstić information content (AvgIpc) is 2.35. The van der Waals surface area contributed by atoms with Gasteiger partial charge in [0, 0.05) is 6.54 Å². The summed E-state index contributed by atoms with van der Waals surface area (Å²) in [7, 11) is -3.71. The van der Waals surface area contributed by atoms with Gasteiger partial charge in [0.25, 0.3) is 0 Å². The molecule has 0 aliphatic carbocycles. The van der Waals surface area contributed by atoms with Crippen molar-refractivity contribution in [2.45, 2.75) is 25.3 Å². The van der Waals surface area contributed by atoms with Crippen molar-refractivity contribution in [1.29, 1.82) is 0 Å². The summed E-state index contributed by atoms with van der Waals surface area (Å²) >= 11 is 4.83. The highest BCUT2D eigenvalue weighted by atomic mass is 32.2. The fourth-order valence-electron chi connectivity index (χ4n) is 1.31. The first-order valence-electron chi connectivity index (χ1n) is 5.75. The van der Waals surface area contributed by atoms with Gasteiger partial charge in [0.1, 0.15) is 0 Å². The Morgan fingerprint density at radius 1 is 1.30 bits per heavy atom. The fourth-order valence-corrected chi connectivity index (χ4v) is 1.92. The number of carbonyl (C=O) groups excluding carboxylic acids is 1. The Morgan fingerprint density at radius 2 is 1.80 bits per heavy atom. The largest absolute Gasteiger partial charge is 0.392 e. The molecule has 0 heterocycles. The Balaban J connectivity index is 2.72. The van der Waals surface area contributed by atoms with Crippen LogP contribution >= 0.6 is 12.2 Å². The Bertz CT molecular complexity index is 622. The molecule has 8 heteroatoms. The van der Waals surface area contributed by atoms with Crippen LogP contribution < -0.4 is 16.2 Å². The van der Waals surface area contributed by atoms with Gasteiger partial charge < -0.3 is 11.1 Å². The normalized spacial score (nSPS) is 11.9. The van der Waals surface area contributed by atoms with Crippen LogP contribution in [0.4, 0.5) is 0 Å². The molecule has 1 aromatic rings. The van der Waals surface area contributed by atoms with Gasteiger partial charge in [0.2, 0.25) is 15.9 Å². The Hall–Kier alpha value is -1.51. The maximum Gasteiger partial charge on any atom is 0.238 e. The lowest BCUT2D eigenvalue weighted by molar-refractivity contribution is -0.126. The molecule has 0 aliphatic rings. The molecule has 0 fully saturated rings. The van der Waals surface area contributed by atoms with Crippen molar-refractivity contribution in [1.82, 2.24) is 5.32 Å². The zero-order chi connectivity index (χ0) is 15.6. The van der Waals surface area contributed by atoms with E-state index in [1.165, 1.54) is 12.1 Å². The first-order valence-corrected chi connectivity index (χ1v) is 7.70. The number of primary sulfonamides is 1. The van der Waals surface area contributed by atoms with E-state index in [-0.39, 0.29) is 22.3 Å². The molecule has 20 heavy (non-hydrogen) atoms. The number of sulfonamides is 1. The van der Waals surface area contributed by atoms with Crippen LogP contribution in [0.5, 0.6) is 0 Å². The molecular formula is C12H17N3O3S2. The molecule has 0 radical (unpaired) electrons. The Labute approximate surface area is 123 Å². The predicted octanol–water partition coefficient (Wildman–Crippen LogP) is 0.263. The van der Waals surface area contributed by atoms with E-state index in [1.807, 2.05) is 0 Å². The van der Waals surface area contributed by atoms with Crippen molar-refractivity contribution in [2.24, 2.45) is 16.3 Å². The van der Waals surface area contributed by atoms with Crippen LogP contribution in [0.15, 0.2) is 29.2 Å². The zero-order valence-corrected chi connectivity index (χ0v) is 12.8. The SMILES string of the molecule is CC(C)(C(=O)NCc1ccc(S(N)(=O)=O)cc1)C(N)=S. The van der Waals surface area contributed by atoms with Crippen molar-refractivity contribution in [3.05, 3.63) is 29.8 Å². The van der Waals surface area contributed by atoms with E-state index in [0.717, 1.165) is 5.56 Å². The van der Waals surface area contributed by atoms with Crippen LogP contribution in [0.3, 0.4) is 0 Å². The minimum Gasteiger partial charge on any atom is -0.392 e. The van der Waals surface area contributed by atoms with Gasteiger partial charge >= 0.3 is 0 Å². The summed E-state index contributed by atoms with van der Waals surface area (Å²) in [5.74, 6) is -0.291. The van der Waals surface area contributed by atoms with Gasteiger partial charge in [-0.1, -0.05) is 24.4 Å². The molecule has 0 aromatic heterocycles. The van der Waals surface area contributed by atoms with Gasteiger partial charge in [0.05, 0.1) is 15.3 Å². The molecule has 0 atom stereocenters. The number of rotatable bonds is 5. The molecule has 1 aromatic carbocycles. The second kappa shape index (κ2) is 5.86. The summed E-state index contributed by atoms with van der Waals surface area (Å²) in [6.45, 7) is 3.51. The van der Waals surface area contributed by atoms with E-state index in [2.05, 4.69) is 5.32 Å². The second-order valence-electron chi connectivity index (χ2n) is 4.86. The lowest BCUT2D eigenvalue weighted by Gasteiger charge is -2.21. The highest BCUT2D eigenvalue weighted by molar-refractivity contribution is 7.89. The second-order valence-corrected chi connectivity index (χ2v) is 6.86. The average molecular weight is 315 g/mol. The van der Waals surface area contributed by atoms with Crippen molar-refractivity contribution in [2.75, 3.05) is 0 Å². The van der Waals surface area contributed by atoms with Gasteiger partial charge in [-0.3, -0.25) is 4.79 Å². The number of hydrogen-bond donors (Lipinski definition) is 3. The summed E-state index contributed by atoms with van der Waals surface area (Å²) in [6, 6.07) is 5.92. The molecule has 0 unspecified atom stereocenters. The number of carbonyl (C=O) groups is 1. The summed E-state index contributed by atoms with van der Waals surface area (Å²) in [4.78, 5) is 12.0. The van der Waals surface area contributed by atoms with E-state index in [9.17, 15) is 13.2 Å². The molecular weight excluding hydrogens is 298 g/mol. The maximum absolute atomic E-state index is 11.9. The fraction of sp³-hybridized carbons (Fsp3) is 0.333. The zero-order valence-electron chi connectivity index (χ0n) is 11.2. The molecule has 110 valence electrons. The van der Waals surface area contributed by atoms with Crippen LogP contribution in [0.25, 0.3) is 0 Å². The van der Waals surface area contributed by atoms with Gasteiger partial charge in [-0.05, 0) is 31.5 Å². The quantitative estimate of drug-likeness (QED) is 0.674. The van der Waals surface area contributed by atoms with Crippen molar-refractivity contribution in [3.8, 4) is 0 Å². The van der Waals surface area contributed by atoms with Crippen LogP contribution in [0.1, 0.15) is 19.4 Å². The lowest BCUT2D eigenvalue weighted by atomic mass is 9.92. The van der Waals surface area contributed by atoms with Crippen LogP contribution in [0, 0.1) is 5.41 Å². The van der Waals surface area contributed by atoms with Gasteiger partial charge in [-0.2, -0.15) is 0 Å². The van der Waals surface area contributed by atoms with E-state index in [4.69, 9.17) is 23.1 Å². The maximum atomic E-state index is 11.9. The van der Waals surface area contributed by atoms with Crippen molar-refractivity contribution >= 4 is 33.1 Å². The van der Waals surface area contributed by atoms with E-state index >= 15 is 0 Å². The van der Waals surface area contributed by atoms with Crippen molar-refractivity contribution in [3.63, 3.8) is 0 Å². The van der Waals surface area contributed by atoms with E-state index in [0.29, 0.717) is 0 Å². The molecule has 0 spiro atoms. The Kier molecular flexibility index (Phi) is 4.85. The number of benzene rings is 1. The van der Waals surface area contributed by atoms with E-state index in [1.54, 1.807) is 26.0 Å². The molecule has 5 N–H and O–H groups in total. The predicted molar refractivity (Wildman–Crippen MR) is 80.2 cm³/mol. The molecule has 1 amide bonds. The molecule has 0 saturated carbocycles. The van der Waals surface area contributed by atoms with Crippen LogP contribution in [-0.4, -0.2) is 19.3 Å². The van der Waals surface area contributed by atoms with Crippen LogP contribution in [0.2, 0.25) is 0 Å². The van der Waals surface area contributed by atoms with Gasteiger partial charge in [0.15, 0.2) is 0 Å². The molecule has 0 saturated heterocycles. The number of amides is 1. The number of nitrogens with one attached hydrogen (secondary N) is 1. The minimum atomic E-state index is -3.71. The summed E-state index contributed by atoms with van der Waals surface area (Å²) < 4.78 is 22.2. The van der Waals surface area contributed by atoms with Gasteiger partial charge in [-0.25, -0.2) is 13.6 Å². The molecule has 0 aliphatic heterocycles. The highest BCUT2D eigenvalue weighted by Gasteiger charge is 2.30. The van der Waals surface area contributed by atoms with Gasteiger partial charge in [-0.15, -0.1) is 0 Å². The number of nitrogens with two attached hydrogens (primary N) is 2. The molecule has 6 nitrogen and oxygen atoms in total. The number of thiocarbonyl (C=S) groups is 1. The van der Waals surface area contributed by atoms with Crippen molar-refractivity contribution < 1.29 is 13.2 Å². The van der Waals surface area contributed by atoms with Crippen LogP contribution in [-0.2, 0) is 21.4 Å². The summed E-state index contributed by atoms with van der Waals surface area (Å²) in [6.07, 6.45) is 0. The summed E-state index contributed by atoms with van der Waals surface area (Å²) in [5.41, 5.74) is 5.30. The topological polar surface area (TPSA) is 115 Å². The third-order valence-corrected chi connectivity index (χ3v) is 4.33. The molecule has 0 bridgehead atoms. The first kappa shape index (κ1) is 16.5. The summed E-state index contributed by atoms with van der Waals surface area (Å²) in [5, 5.41) is 7.69. The lowest BCUT2D eigenvalue weighted by Crippen LogP contribution is -2.44. The third kappa shape index (κ3) is 3.99. The number of hydrogen-bond acceptors (Lipinski definition) is 4. The smallest absolute Gasteiger partial charge is 0.238 e. The monoisotopic (exact) mass is 315 g/mol. The third-order valence-electron chi connectivity index (χ3n) is 2.89.